The Hall–Kier alpha value is -4.59. The molecule has 3 aromatic carbocycles. The summed E-state index contributed by atoms with van der Waals surface area (Å²) < 4.78 is 10.4. The van der Waals surface area contributed by atoms with E-state index in [4.69, 9.17) is 9.47 Å². The van der Waals surface area contributed by atoms with Crippen LogP contribution in [0.3, 0.4) is 0 Å². The first kappa shape index (κ1) is 25.5. The van der Waals surface area contributed by atoms with Crippen molar-refractivity contribution in [3.8, 4) is 11.5 Å². The average molecular weight is 502 g/mol. The van der Waals surface area contributed by atoms with E-state index >= 15 is 0 Å². The van der Waals surface area contributed by atoms with Gasteiger partial charge in [-0.25, -0.2) is 4.79 Å². The number of aromatic hydroxyl groups is 1. The largest absolute Gasteiger partial charge is 0.508 e. The van der Waals surface area contributed by atoms with E-state index in [2.05, 4.69) is 0 Å². The predicted molar refractivity (Wildman–Crippen MR) is 136 cm³/mol. The summed E-state index contributed by atoms with van der Waals surface area (Å²) in [4.78, 5) is 39.6. The topological polar surface area (TPSA) is 113 Å². The molecule has 1 saturated heterocycles. The summed E-state index contributed by atoms with van der Waals surface area (Å²) in [5, 5.41) is 21.1. The summed E-state index contributed by atoms with van der Waals surface area (Å²) in [6.07, 6.45) is -0.0921. The van der Waals surface area contributed by atoms with Gasteiger partial charge in [0.05, 0.1) is 30.4 Å². The number of aliphatic hydroxyl groups is 1. The van der Waals surface area contributed by atoms with Crippen LogP contribution in [0.25, 0.3) is 5.76 Å². The molecular formula is C29H27NO7. The fourth-order valence-corrected chi connectivity index (χ4v) is 4.25. The second-order valence-electron chi connectivity index (χ2n) is 8.90. The summed E-state index contributed by atoms with van der Waals surface area (Å²) >= 11 is 0. The molecule has 4 rings (SSSR count). The molecule has 0 aliphatic carbocycles. The number of phenolic OH excluding ortho intramolecular Hbond substituents is 1. The number of aliphatic hydroxyl groups excluding tert-OH is 1. The van der Waals surface area contributed by atoms with Crippen LogP contribution in [0.4, 0.5) is 0 Å². The van der Waals surface area contributed by atoms with Gasteiger partial charge in [-0.05, 0) is 61.4 Å². The van der Waals surface area contributed by atoms with Crippen molar-refractivity contribution in [2.24, 2.45) is 0 Å². The summed E-state index contributed by atoms with van der Waals surface area (Å²) in [5.74, 6) is -1.87. The molecule has 8 heteroatoms. The summed E-state index contributed by atoms with van der Waals surface area (Å²) in [6, 6.07) is 18.4. The molecule has 8 nitrogen and oxygen atoms in total. The first-order valence-corrected chi connectivity index (χ1v) is 11.7. The Morgan fingerprint density at radius 3 is 2.27 bits per heavy atom. The molecular weight excluding hydrogens is 474 g/mol. The molecule has 1 aliphatic rings. The SMILES string of the molecule is COC(=O)c1ccc(CN2C(=O)C(=O)/C(=C(/O)c3cccc(OC(C)C)c3)C2c2ccc(O)cc2)cc1. The number of phenols is 1. The lowest BCUT2D eigenvalue weighted by atomic mass is 9.95. The number of methoxy groups -OCH3 is 1. The van der Waals surface area contributed by atoms with Gasteiger partial charge in [0, 0.05) is 12.1 Å². The Morgan fingerprint density at radius 2 is 1.65 bits per heavy atom. The number of carbonyl (C=O) groups is 3. The van der Waals surface area contributed by atoms with E-state index in [1.807, 2.05) is 13.8 Å². The van der Waals surface area contributed by atoms with Crippen LogP contribution in [0.15, 0.2) is 78.4 Å². The molecule has 3 aromatic rings. The minimum absolute atomic E-state index is 0.0256. The maximum atomic E-state index is 13.3. The molecule has 1 unspecified atom stereocenters. The second kappa shape index (κ2) is 10.6. The van der Waals surface area contributed by atoms with E-state index in [-0.39, 0.29) is 29.7 Å². The smallest absolute Gasteiger partial charge is 0.337 e. The monoisotopic (exact) mass is 501 g/mol. The number of carbonyl (C=O) groups excluding carboxylic acids is 3. The van der Waals surface area contributed by atoms with Crippen LogP contribution in [0, 0.1) is 0 Å². The lowest BCUT2D eigenvalue weighted by Crippen LogP contribution is -2.29. The molecule has 0 aromatic heterocycles. The van der Waals surface area contributed by atoms with Gasteiger partial charge < -0.3 is 24.6 Å². The van der Waals surface area contributed by atoms with Gasteiger partial charge in [0.2, 0.25) is 0 Å². The predicted octanol–water partition coefficient (Wildman–Crippen LogP) is 4.59. The van der Waals surface area contributed by atoms with Crippen molar-refractivity contribution in [2.45, 2.75) is 32.5 Å². The van der Waals surface area contributed by atoms with Crippen molar-refractivity contribution in [3.63, 3.8) is 0 Å². The number of amides is 1. The molecule has 37 heavy (non-hydrogen) atoms. The summed E-state index contributed by atoms with van der Waals surface area (Å²) in [7, 11) is 1.29. The number of Topliss-reactive ketones (excluding diaryl/α,β-unsaturated/α-hetero) is 1. The Kier molecular flexibility index (Phi) is 7.29. The highest BCUT2D eigenvalue weighted by Crippen LogP contribution is 2.41. The van der Waals surface area contributed by atoms with E-state index in [1.165, 1.54) is 24.1 Å². The number of nitrogens with zero attached hydrogens (tertiary/aromatic N) is 1. The van der Waals surface area contributed by atoms with Crippen molar-refractivity contribution in [2.75, 3.05) is 7.11 Å². The molecule has 1 amide bonds. The van der Waals surface area contributed by atoms with Crippen LogP contribution in [-0.2, 0) is 20.9 Å². The lowest BCUT2D eigenvalue weighted by Gasteiger charge is -2.25. The Balaban J connectivity index is 1.78. The minimum atomic E-state index is -0.907. The summed E-state index contributed by atoms with van der Waals surface area (Å²) in [5.41, 5.74) is 1.84. The van der Waals surface area contributed by atoms with Crippen LogP contribution in [-0.4, -0.2) is 46.0 Å². The van der Waals surface area contributed by atoms with Gasteiger partial charge in [-0.1, -0.05) is 36.4 Å². The number of rotatable bonds is 7. The molecule has 0 saturated carbocycles. The molecule has 2 N–H and O–H groups in total. The summed E-state index contributed by atoms with van der Waals surface area (Å²) in [6.45, 7) is 3.80. The second-order valence-corrected chi connectivity index (χ2v) is 8.90. The Labute approximate surface area is 214 Å². The van der Waals surface area contributed by atoms with E-state index in [0.717, 1.165) is 0 Å². The highest BCUT2D eigenvalue weighted by atomic mass is 16.5. The van der Waals surface area contributed by atoms with Crippen LogP contribution in [0.2, 0.25) is 0 Å². The Bertz CT molecular complexity index is 1360. The first-order chi connectivity index (χ1) is 17.7. The highest BCUT2D eigenvalue weighted by molar-refractivity contribution is 6.46. The van der Waals surface area contributed by atoms with Gasteiger partial charge >= 0.3 is 5.97 Å². The third kappa shape index (κ3) is 5.33. The third-order valence-corrected chi connectivity index (χ3v) is 5.96. The fourth-order valence-electron chi connectivity index (χ4n) is 4.25. The third-order valence-electron chi connectivity index (χ3n) is 5.96. The van der Waals surface area contributed by atoms with Crippen molar-refractivity contribution in [3.05, 3.63) is 101 Å². The number of ketones is 1. The normalized spacial score (nSPS) is 16.8. The van der Waals surface area contributed by atoms with Crippen LogP contribution < -0.4 is 4.74 Å². The van der Waals surface area contributed by atoms with E-state index in [0.29, 0.717) is 28.0 Å². The zero-order chi connectivity index (χ0) is 26.7. The Morgan fingerprint density at radius 1 is 0.973 bits per heavy atom. The van der Waals surface area contributed by atoms with Gasteiger partial charge in [0.1, 0.15) is 17.3 Å². The van der Waals surface area contributed by atoms with Crippen molar-refractivity contribution in [1.29, 1.82) is 0 Å². The molecule has 0 bridgehead atoms. The number of hydrogen-bond acceptors (Lipinski definition) is 7. The zero-order valence-corrected chi connectivity index (χ0v) is 20.7. The van der Waals surface area contributed by atoms with E-state index < -0.39 is 23.7 Å². The van der Waals surface area contributed by atoms with Crippen molar-refractivity contribution < 1.29 is 34.1 Å². The standard InChI is InChI=1S/C29H27NO7/c1-17(2)37-23-6-4-5-21(15-23)26(32)24-25(19-11-13-22(31)14-12-19)30(28(34)27(24)33)16-18-7-9-20(10-8-18)29(35)36-3/h4-15,17,25,31-32H,16H2,1-3H3/b26-24+. The van der Waals surface area contributed by atoms with Gasteiger partial charge in [0.15, 0.2) is 0 Å². The number of likely N-dealkylation sites (tertiary alicyclic amines) is 1. The van der Waals surface area contributed by atoms with Crippen LogP contribution in [0.5, 0.6) is 11.5 Å². The average Bonchev–Trinajstić information content (AvgIpc) is 3.13. The quantitative estimate of drug-likeness (QED) is 0.211. The molecule has 190 valence electrons. The molecule has 1 heterocycles. The molecule has 1 aliphatic heterocycles. The van der Waals surface area contributed by atoms with E-state index in [9.17, 15) is 24.6 Å². The van der Waals surface area contributed by atoms with Gasteiger partial charge in [-0.15, -0.1) is 0 Å². The number of esters is 1. The van der Waals surface area contributed by atoms with Crippen LogP contribution >= 0.6 is 0 Å². The maximum absolute atomic E-state index is 13.3. The first-order valence-electron chi connectivity index (χ1n) is 11.7. The molecule has 1 fully saturated rings. The van der Waals surface area contributed by atoms with Crippen molar-refractivity contribution in [1.82, 2.24) is 4.90 Å². The minimum Gasteiger partial charge on any atom is -0.508 e. The number of ether oxygens (including phenoxy) is 2. The molecule has 0 spiro atoms. The van der Waals surface area contributed by atoms with Gasteiger partial charge in [0.25, 0.3) is 11.7 Å². The fraction of sp³-hybridized carbons (Fsp3) is 0.207. The highest BCUT2D eigenvalue weighted by Gasteiger charge is 2.46. The zero-order valence-electron chi connectivity index (χ0n) is 20.7. The number of benzene rings is 3. The van der Waals surface area contributed by atoms with Crippen LogP contribution in [0.1, 0.15) is 46.9 Å². The maximum Gasteiger partial charge on any atom is 0.337 e. The molecule has 0 radical (unpaired) electrons. The number of hydrogen-bond donors (Lipinski definition) is 2. The van der Waals surface area contributed by atoms with Gasteiger partial charge in [-0.3, -0.25) is 9.59 Å². The van der Waals surface area contributed by atoms with Gasteiger partial charge in [-0.2, -0.15) is 0 Å². The lowest BCUT2D eigenvalue weighted by molar-refractivity contribution is -0.140. The molecule has 1 atom stereocenters. The van der Waals surface area contributed by atoms with E-state index in [1.54, 1.807) is 60.7 Å². The van der Waals surface area contributed by atoms with Crippen molar-refractivity contribution >= 4 is 23.4 Å².